The molecule has 2 aromatic rings. The third-order valence-corrected chi connectivity index (χ3v) is 5.49. The van der Waals surface area contributed by atoms with Gasteiger partial charge >= 0.3 is 0 Å². The summed E-state index contributed by atoms with van der Waals surface area (Å²) in [5, 5.41) is 2.91. The lowest BCUT2D eigenvalue weighted by atomic mass is 9.95. The lowest BCUT2D eigenvalue weighted by Crippen LogP contribution is -2.40. The van der Waals surface area contributed by atoms with Crippen LogP contribution in [0.2, 0.25) is 0 Å². The van der Waals surface area contributed by atoms with Crippen LogP contribution in [0.4, 0.5) is 10.1 Å². The molecule has 2 aromatic carbocycles. The number of benzene rings is 2. The van der Waals surface area contributed by atoms with Gasteiger partial charge in [-0.1, -0.05) is 15.9 Å². The molecule has 0 unspecified atom stereocenters. The lowest BCUT2D eigenvalue weighted by molar-refractivity contribution is -0.125. The minimum atomic E-state index is -0.314. The Morgan fingerprint density at radius 1 is 1.19 bits per heavy atom. The number of hydrogen-bond acceptors (Lipinski definition) is 3. The van der Waals surface area contributed by atoms with Gasteiger partial charge < -0.3 is 10.2 Å². The highest BCUT2D eigenvalue weighted by molar-refractivity contribution is 9.10. The van der Waals surface area contributed by atoms with Crippen molar-refractivity contribution in [1.29, 1.82) is 0 Å². The van der Waals surface area contributed by atoms with Crippen LogP contribution in [0.15, 0.2) is 46.9 Å². The second-order valence-electron chi connectivity index (χ2n) is 6.42. The van der Waals surface area contributed by atoms with E-state index in [0.717, 1.165) is 47.9 Å². The van der Waals surface area contributed by atoms with E-state index in [1.807, 2.05) is 12.1 Å². The van der Waals surface area contributed by atoms with E-state index >= 15 is 0 Å². The molecule has 1 amide bonds. The van der Waals surface area contributed by atoms with Crippen molar-refractivity contribution in [2.75, 3.05) is 18.0 Å². The zero-order valence-corrected chi connectivity index (χ0v) is 15.8. The van der Waals surface area contributed by atoms with Gasteiger partial charge in [0.2, 0.25) is 5.91 Å². The van der Waals surface area contributed by atoms with Crippen molar-refractivity contribution >= 4 is 33.8 Å². The number of hydrogen-bond donors (Lipinski definition) is 1. The van der Waals surface area contributed by atoms with Gasteiger partial charge in [-0.05, 0) is 60.9 Å². The minimum Gasteiger partial charge on any atom is -0.371 e. The largest absolute Gasteiger partial charge is 0.371 e. The number of piperidine rings is 1. The molecule has 136 valence electrons. The molecular formula is C20H20BrFN2O2. The molecule has 1 N–H and O–H groups in total. The maximum absolute atomic E-state index is 13.3. The molecule has 1 aliphatic heterocycles. The normalized spacial score (nSPS) is 14.9. The van der Waals surface area contributed by atoms with Gasteiger partial charge in [0.15, 0.2) is 0 Å². The van der Waals surface area contributed by atoms with Crippen molar-refractivity contribution < 1.29 is 14.0 Å². The molecule has 0 bridgehead atoms. The fourth-order valence-corrected chi connectivity index (χ4v) is 3.56. The summed E-state index contributed by atoms with van der Waals surface area (Å²) in [6.45, 7) is 1.90. The molecule has 1 fully saturated rings. The van der Waals surface area contributed by atoms with Crippen molar-refractivity contribution in [2.45, 2.75) is 19.4 Å². The van der Waals surface area contributed by atoms with E-state index in [4.69, 9.17) is 0 Å². The predicted molar refractivity (Wildman–Crippen MR) is 103 cm³/mol. The predicted octanol–water partition coefficient (Wildman–Crippen LogP) is 3.93. The van der Waals surface area contributed by atoms with Crippen LogP contribution in [0.1, 0.15) is 28.8 Å². The van der Waals surface area contributed by atoms with Gasteiger partial charge in [0.1, 0.15) is 12.1 Å². The number of rotatable bonds is 5. The summed E-state index contributed by atoms with van der Waals surface area (Å²) in [6.07, 6.45) is 2.37. The van der Waals surface area contributed by atoms with Crippen molar-refractivity contribution in [3.63, 3.8) is 0 Å². The summed E-state index contributed by atoms with van der Waals surface area (Å²) in [5.41, 5.74) is 2.45. The number of amides is 1. The monoisotopic (exact) mass is 418 g/mol. The van der Waals surface area contributed by atoms with Gasteiger partial charge in [0.25, 0.3) is 0 Å². The van der Waals surface area contributed by atoms with Crippen LogP contribution >= 0.6 is 15.9 Å². The highest BCUT2D eigenvalue weighted by Gasteiger charge is 2.25. The van der Waals surface area contributed by atoms with Crippen molar-refractivity contribution in [3.8, 4) is 0 Å². The van der Waals surface area contributed by atoms with E-state index in [2.05, 4.69) is 26.1 Å². The number of carbonyl (C=O) groups excluding carboxylic acids is 2. The number of nitrogens with one attached hydrogen (secondary N) is 1. The van der Waals surface area contributed by atoms with Crippen LogP contribution in [0.25, 0.3) is 0 Å². The first-order chi connectivity index (χ1) is 12.6. The Bertz CT molecular complexity index is 787. The molecule has 0 aromatic heterocycles. The van der Waals surface area contributed by atoms with E-state index in [9.17, 15) is 14.0 Å². The molecule has 3 rings (SSSR count). The molecule has 1 heterocycles. The SMILES string of the molecule is O=Cc1ccc(N2CCC(C(=O)NCc3cc(F)ccc3Br)CC2)cc1. The van der Waals surface area contributed by atoms with Crippen LogP contribution in [0.3, 0.4) is 0 Å². The molecule has 0 saturated carbocycles. The number of nitrogens with zero attached hydrogens (tertiary/aromatic N) is 1. The highest BCUT2D eigenvalue weighted by Crippen LogP contribution is 2.24. The molecule has 0 radical (unpaired) electrons. The molecule has 0 aliphatic carbocycles. The first-order valence-electron chi connectivity index (χ1n) is 8.58. The number of halogens is 2. The summed E-state index contributed by atoms with van der Waals surface area (Å²) in [7, 11) is 0. The first-order valence-corrected chi connectivity index (χ1v) is 9.38. The van der Waals surface area contributed by atoms with Crippen molar-refractivity contribution in [3.05, 3.63) is 63.9 Å². The standard InChI is InChI=1S/C20H20BrFN2O2/c21-19-6-3-17(22)11-16(19)12-23-20(26)15-7-9-24(10-8-15)18-4-1-14(13-25)2-5-18/h1-6,11,13,15H,7-10,12H2,(H,23,26). The topological polar surface area (TPSA) is 49.4 Å². The summed E-state index contributed by atoms with van der Waals surface area (Å²) in [6, 6.07) is 11.9. The molecule has 0 spiro atoms. The van der Waals surface area contributed by atoms with Gasteiger partial charge in [-0.2, -0.15) is 0 Å². The van der Waals surface area contributed by atoms with E-state index in [-0.39, 0.29) is 17.6 Å². The van der Waals surface area contributed by atoms with Crippen molar-refractivity contribution in [1.82, 2.24) is 5.32 Å². The molecule has 1 aliphatic rings. The van der Waals surface area contributed by atoms with E-state index in [0.29, 0.717) is 12.1 Å². The van der Waals surface area contributed by atoms with E-state index < -0.39 is 0 Å². The van der Waals surface area contributed by atoms with Crippen molar-refractivity contribution in [2.24, 2.45) is 5.92 Å². The van der Waals surface area contributed by atoms with Crippen LogP contribution < -0.4 is 10.2 Å². The highest BCUT2D eigenvalue weighted by atomic mass is 79.9. The minimum absolute atomic E-state index is 0.0112. The van der Waals surface area contributed by atoms with E-state index in [1.165, 1.54) is 12.1 Å². The molecule has 1 saturated heterocycles. The fraction of sp³-hybridized carbons (Fsp3) is 0.300. The summed E-state index contributed by atoms with van der Waals surface area (Å²) in [4.78, 5) is 25.4. The molecule has 26 heavy (non-hydrogen) atoms. The Morgan fingerprint density at radius 3 is 2.54 bits per heavy atom. The average molecular weight is 419 g/mol. The van der Waals surface area contributed by atoms with Crippen LogP contribution in [0, 0.1) is 11.7 Å². The second kappa shape index (κ2) is 8.45. The molecule has 6 heteroatoms. The third-order valence-electron chi connectivity index (χ3n) is 4.72. The van der Waals surface area contributed by atoms with Crippen LogP contribution in [-0.4, -0.2) is 25.3 Å². The molecular weight excluding hydrogens is 399 g/mol. The molecule has 0 atom stereocenters. The first kappa shape index (κ1) is 18.6. The Balaban J connectivity index is 1.51. The number of aldehydes is 1. The second-order valence-corrected chi connectivity index (χ2v) is 7.28. The van der Waals surface area contributed by atoms with Crippen LogP contribution in [-0.2, 0) is 11.3 Å². The maximum Gasteiger partial charge on any atom is 0.223 e. The average Bonchev–Trinajstić information content (AvgIpc) is 2.68. The maximum atomic E-state index is 13.3. The Labute approximate surface area is 160 Å². The third kappa shape index (κ3) is 4.49. The molecule has 4 nitrogen and oxygen atoms in total. The van der Waals surface area contributed by atoms with Gasteiger partial charge in [0.05, 0.1) is 0 Å². The zero-order valence-electron chi connectivity index (χ0n) is 14.3. The summed E-state index contributed by atoms with van der Waals surface area (Å²) < 4.78 is 14.1. The van der Waals surface area contributed by atoms with Crippen LogP contribution in [0.5, 0.6) is 0 Å². The van der Waals surface area contributed by atoms with Gasteiger partial charge in [0, 0.05) is 41.3 Å². The zero-order chi connectivity index (χ0) is 18.5. The Morgan fingerprint density at radius 2 is 1.88 bits per heavy atom. The Hall–Kier alpha value is -2.21. The quantitative estimate of drug-likeness (QED) is 0.748. The Kier molecular flexibility index (Phi) is 6.04. The fourth-order valence-electron chi connectivity index (χ4n) is 3.17. The van der Waals surface area contributed by atoms with E-state index in [1.54, 1.807) is 18.2 Å². The van der Waals surface area contributed by atoms with Gasteiger partial charge in [-0.25, -0.2) is 4.39 Å². The van der Waals surface area contributed by atoms with Gasteiger partial charge in [-0.3, -0.25) is 9.59 Å². The smallest absolute Gasteiger partial charge is 0.223 e. The van der Waals surface area contributed by atoms with Gasteiger partial charge in [-0.15, -0.1) is 0 Å². The lowest BCUT2D eigenvalue weighted by Gasteiger charge is -2.33. The number of anilines is 1. The summed E-state index contributed by atoms with van der Waals surface area (Å²) in [5.74, 6) is -0.337. The number of carbonyl (C=O) groups is 2. The summed E-state index contributed by atoms with van der Waals surface area (Å²) >= 11 is 3.37.